The zero-order valence-electron chi connectivity index (χ0n) is 11.5. The Labute approximate surface area is 116 Å². The van der Waals surface area contributed by atoms with Crippen LogP contribution in [0.5, 0.6) is 0 Å². The Morgan fingerprint density at radius 2 is 2.00 bits per heavy atom. The van der Waals surface area contributed by atoms with E-state index < -0.39 is 11.6 Å². The lowest BCUT2D eigenvalue weighted by atomic mass is 10.1. The fourth-order valence-corrected chi connectivity index (χ4v) is 1.58. The lowest BCUT2D eigenvalue weighted by Crippen LogP contribution is -2.30. The van der Waals surface area contributed by atoms with E-state index in [9.17, 15) is 18.4 Å². The van der Waals surface area contributed by atoms with E-state index in [2.05, 4.69) is 0 Å². The Morgan fingerprint density at radius 3 is 2.60 bits per heavy atom. The molecule has 0 radical (unpaired) electrons. The van der Waals surface area contributed by atoms with E-state index in [1.807, 2.05) is 0 Å². The van der Waals surface area contributed by atoms with Gasteiger partial charge in [-0.3, -0.25) is 9.59 Å². The Morgan fingerprint density at radius 1 is 1.30 bits per heavy atom. The van der Waals surface area contributed by atoms with Crippen molar-refractivity contribution < 1.29 is 23.1 Å². The number of likely N-dealkylation sites (N-methyl/N-ethyl adjacent to an activating group) is 1. The van der Waals surface area contributed by atoms with Crippen LogP contribution in [0.15, 0.2) is 18.2 Å². The van der Waals surface area contributed by atoms with E-state index >= 15 is 0 Å². The Balaban J connectivity index is 2.51. The minimum Gasteiger partial charge on any atom is -0.466 e. The first-order valence-electron chi connectivity index (χ1n) is 6.27. The largest absolute Gasteiger partial charge is 0.466 e. The summed E-state index contributed by atoms with van der Waals surface area (Å²) >= 11 is 0. The second-order valence-corrected chi connectivity index (χ2v) is 4.28. The van der Waals surface area contributed by atoms with Crippen molar-refractivity contribution in [3.8, 4) is 0 Å². The average molecular weight is 285 g/mol. The molecule has 1 amide bonds. The predicted molar refractivity (Wildman–Crippen MR) is 68.9 cm³/mol. The van der Waals surface area contributed by atoms with Gasteiger partial charge < -0.3 is 9.64 Å². The zero-order valence-corrected chi connectivity index (χ0v) is 11.5. The average Bonchev–Trinajstić information content (AvgIpc) is 2.39. The molecule has 0 N–H and O–H groups in total. The van der Waals surface area contributed by atoms with Gasteiger partial charge in [0.05, 0.1) is 19.4 Å². The molecular weight excluding hydrogens is 268 g/mol. The molecule has 0 heterocycles. The van der Waals surface area contributed by atoms with Gasteiger partial charge in [-0.2, -0.15) is 0 Å². The van der Waals surface area contributed by atoms with Gasteiger partial charge in [0.1, 0.15) is 11.6 Å². The molecule has 0 aliphatic rings. The summed E-state index contributed by atoms with van der Waals surface area (Å²) in [6.07, 6.45) is -0.0899. The lowest BCUT2D eigenvalue weighted by molar-refractivity contribution is -0.143. The lowest BCUT2D eigenvalue weighted by Gasteiger charge is -2.16. The number of amides is 1. The van der Waals surface area contributed by atoms with Gasteiger partial charge in [-0.05, 0) is 18.6 Å². The van der Waals surface area contributed by atoms with Crippen molar-refractivity contribution in [1.29, 1.82) is 0 Å². The van der Waals surface area contributed by atoms with Crippen molar-refractivity contribution in [1.82, 2.24) is 4.90 Å². The molecule has 0 atom stereocenters. The van der Waals surface area contributed by atoms with E-state index in [1.54, 1.807) is 6.92 Å². The molecule has 0 saturated heterocycles. The van der Waals surface area contributed by atoms with E-state index in [0.717, 1.165) is 12.1 Å². The summed E-state index contributed by atoms with van der Waals surface area (Å²) in [7, 11) is 1.52. The predicted octanol–water partition coefficient (Wildman–Crippen LogP) is 1.92. The third-order valence-corrected chi connectivity index (χ3v) is 2.74. The van der Waals surface area contributed by atoms with Crippen LogP contribution in [0.2, 0.25) is 0 Å². The SMILES string of the molecule is CCOC(=O)CCN(C)C(=O)Cc1ccc(F)cc1F. The second-order valence-electron chi connectivity index (χ2n) is 4.28. The summed E-state index contributed by atoms with van der Waals surface area (Å²) in [4.78, 5) is 24.3. The molecule has 0 aliphatic carbocycles. The highest BCUT2D eigenvalue weighted by Gasteiger charge is 2.14. The fourth-order valence-electron chi connectivity index (χ4n) is 1.58. The van der Waals surface area contributed by atoms with E-state index in [1.165, 1.54) is 18.0 Å². The van der Waals surface area contributed by atoms with Crippen molar-refractivity contribution in [3.05, 3.63) is 35.4 Å². The maximum atomic E-state index is 13.4. The summed E-state index contributed by atoms with van der Waals surface area (Å²) < 4.78 is 30.9. The first-order valence-corrected chi connectivity index (χ1v) is 6.27. The van der Waals surface area contributed by atoms with Gasteiger partial charge in [0.2, 0.25) is 5.91 Å². The summed E-state index contributed by atoms with van der Waals surface area (Å²) in [6, 6.07) is 3.08. The Bertz CT molecular complexity index is 491. The van der Waals surface area contributed by atoms with E-state index in [0.29, 0.717) is 0 Å². The third kappa shape index (κ3) is 4.95. The van der Waals surface area contributed by atoms with Crippen LogP contribution in [-0.4, -0.2) is 37.0 Å². The molecule has 20 heavy (non-hydrogen) atoms. The van der Waals surface area contributed by atoms with Gasteiger partial charge >= 0.3 is 5.97 Å². The molecular formula is C14H17F2NO3. The van der Waals surface area contributed by atoms with Crippen LogP contribution < -0.4 is 0 Å². The molecule has 1 rings (SSSR count). The molecule has 6 heteroatoms. The highest BCUT2D eigenvalue weighted by atomic mass is 19.1. The summed E-state index contributed by atoms with van der Waals surface area (Å²) in [5.41, 5.74) is 0.124. The van der Waals surface area contributed by atoms with Gasteiger partial charge in [-0.1, -0.05) is 6.07 Å². The fraction of sp³-hybridized carbons (Fsp3) is 0.429. The number of hydrogen-bond donors (Lipinski definition) is 0. The maximum Gasteiger partial charge on any atom is 0.307 e. The smallest absolute Gasteiger partial charge is 0.307 e. The molecule has 110 valence electrons. The van der Waals surface area contributed by atoms with Gasteiger partial charge in [0.25, 0.3) is 0 Å². The first-order chi connectivity index (χ1) is 9.43. The van der Waals surface area contributed by atoms with Gasteiger partial charge in [0.15, 0.2) is 0 Å². The number of carbonyl (C=O) groups excluding carboxylic acids is 2. The number of nitrogens with zero attached hydrogens (tertiary/aromatic N) is 1. The quantitative estimate of drug-likeness (QED) is 0.750. The molecule has 1 aromatic rings. The summed E-state index contributed by atoms with van der Waals surface area (Å²) in [5, 5.41) is 0. The van der Waals surface area contributed by atoms with Crippen molar-refractivity contribution in [2.75, 3.05) is 20.2 Å². The third-order valence-electron chi connectivity index (χ3n) is 2.74. The van der Waals surface area contributed by atoms with Crippen LogP contribution in [0, 0.1) is 11.6 Å². The number of halogens is 2. The molecule has 0 bridgehead atoms. The van der Waals surface area contributed by atoms with E-state index in [-0.39, 0.29) is 43.4 Å². The minimum absolute atomic E-state index is 0.0853. The number of rotatable bonds is 6. The van der Waals surface area contributed by atoms with Crippen LogP contribution in [-0.2, 0) is 20.7 Å². The number of esters is 1. The number of ether oxygens (including phenoxy) is 1. The number of carbonyl (C=O) groups is 2. The van der Waals surface area contributed by atoms with Gasteiger partial charge in [-0.25, -0.2) is 8.78 Å². The highest BCUT2D eigenvalue weighted by molar-refractivity contribution is 5.79. The molecule has 4 nitrogen and oxygen atoms in total. The topological polar surface area (TPSA) is 46.6 Å². The van der Waals surface area contributed by atoms with Crippen LogP contribution in [0.3, 0.4) is 0 Å². The van der Waals surface area contributed by atoms with Crippen molar-refractivity contribution in [2.45, 2.75) is 19.8 Å². The number of hydrogen-bond acceptors (Lipinski definition) is 3. The first kappa shape index (κ1) is 16.1. The van der Waals surface area contributed by atoms with E-state index in [4.69, 9.17) is 4.74 Å². The van der Waals surface area contributed by atoms with Crippen LogP contribution in [0.1, 0.15) is 18.9 Å². The molecule has 0 aromatic heterocycles. The number of benzene rings is 1. The second kappa shape index (κ2) is 7.57. The molecule has 0 unspecified atom stereocenters. The van der Waals surface area contributed by atoms with Crippen molar-refractivity contribution in [2.24, 2.45) is 0 Å². The summed E-state index contributed by atoms with van der Waals surface area (Å²) in [5.74, 6) is -2.17. The summed E-state index contributed by atoms with van der Waals surface area (Å²) in [6.45, 7) is 2.18. The molecule has 0 aliphatic heterocycles. The van der Waals surface area contributed by atoms with Gasteiger partial charge in [-0.15, -0.1) is 0 Å². The van der Waals surface area contributed by atoms with Crippen LogP contribution >= 0.6 is 0 Å². The molecule has 1 aromatic carbocycles. The standard InChI is InChI=1S/C14H17F2NO3/c1-3-20-14(19)6-7-17(2)13(18)8-10-4-5-11(15)9-12(10)16/h4-5,9H,3,6-8H2,1-2H3. The van der Waals surface area contributed by atoms with Gasteiger partial charge in [0, 0.05) is 19.7 Å². The van der Waals surface area contributed by atoms with Crippen molar-refractivity contribution in [3.63, 3.8) is 0 Å². The van der Waals surface area contributed by atoms with Crippen molar-refractivity contribution >= 4 is 11.9 Å². The zero-order chi connectivity index (χ0) is 15.1. The Hall–Kier alpha value is -1.98. The normalized spacial score (nSPS) is 10.2. The minimum atomic E-state index is -0.753. The monoisotopic (exact) mass is 285 g/mol. The molecule has 0 saturated carbocycles. The van der Waals surface area contributed by atoms with Crippen LogP contribution in [0.25, 0.3) is 0 Å². The molecule has 0 fully saturated rings. The molecule has 0 spiro atoms. The highest BCUT2D eigenvalue weighted by Crippen LogP contribution is 2.11. The van der Waals surface area contributed by atoms with Crippen LogP contribution in [0.4, 0.5) is 8.78 Å². The Kier molecular flexibility index (Phi) is 6.09. The maximum absolute atomic E-state index is 13.4.